The second-order valence-electron chi connectivity index (χ2n) is 7.44. The van der Waals surface area contributed by atoms with E-state index < -0.39 is 17.7 Å². The van der Waals surface area contributed by atoms with Gasteiger partial charge in [0.05, 0.1) is 6.54 Å². The molecule has 1 aliphatic heterocycles. The van der Waals surface area contributed by atoms with Gasteiger partial charge in [-0.1, -0.05) is 17.7 Å². The van der Waals surface area contributed by atoms with E-state index in [1.165, 1.54) is 4.90 Å². The van der Waals surface area contributed by atoms with Crippen molar-refractivity contribution in [3.8, 4) is 0 Å². The summed E-state index contributed by atoms with van der Waals surface area (Å²) in [5.74, 6) is -4.51. The van der Waals surface area contributed by atoms with Crippen LogP contribution in [0.2, 0.25) is 0 Å². The van der Waals surface area contributed by atoms with Crippen LogP contribution in [0.15, 0.2) is 12.1 Å². The number of piperazine rings is 1. The molecule has 26 heavy (non-hydrogen) atoms. The molecule has 1 saturated carbocycles. The van der Waals surface area contributed by atoms with Crippen LogP contribution >= 0.6 is 0 Å². The number of anilines is 1. The molecule has 1 N–H and O–H groups in total. The van der Waals surface area contributed by atoms with E-state index in [2.05, 4.69) is 5.32 Å². The SMILES string of the molecule is Cc1cc(C)c(NC(=O)CN2CCN(C(=O)C3CC3(F)F)CC2)c(C)c1. The Morgan fingerprint density at radius 1 is 1.12 bits per heavy atom. The number of amides is 2. The van der Waals surface area contributed by atoms with Crippen LogP contribution in [0.25, 0.3) is 0 Å². The minimum absolute atomic E-state index is 0.103. The molecule has 5 nitrogen and oxygen atoms in total. The standard InChI is InChI=1S/C19H25F2N3O2/c1-12-8-13(2)17(14(3)9-12)22-16(25)11-23-4-6-24(7-5-23)18(26)15-10-19(15,20)21/h8-9,15H,4-7,10-11H2,1-3H3,(H,22,25). The summed E-state index contributed by atoms with van der Waals surface area (Å²) in [6.07, 6.45) is -0.330. The lowest BCUT2D eigenvalue weighted by molar-refractivity contribution is -0.136. The molecule has 1 saturated heterocycles. The number of carbonyl (C=O) groups is 2. The van der Waals surface area contributed by atoms with Crippen LogP contribution in [-0.2, 0) is 9.59 Å². The molecule has 0 spiro atoms. The van der Waals surface area contributed by atoms with Crippen molar-refractivity contribution in [2.45, 2.75) is 33.1 Å². The number of hydrogen-bond acceptors (Lipinski definition) is 3. The lowest BCUT2D eigenvalue weighted by Gasteiger charge is -2.34. The molecule has 1 unspecified atom stereocenters. The van der Waals surface area contributed by atoms with Crippen molar-refractivity contribution in [1.82, 2.24) is 9.80 Å². The minimum atomic E-state index is -2.82. The summed E-state index contributed by atoms with van der Waals surface area (Å²) >= 11 is 0. The molecular formula is C19H25F2N3O2. The monoisotopic (exact) mass is 365 g/mol. The van der Waals surface area contributed by atoms with E-state index >= 15 is 0 Å². The number of halogens is 2. The number of carbonyl (C=O) groups excluding carboxylic acids is 2. The third-order valence-electron chi connectivity index (χ3n) is 5.12. The van der Waals surface area contributed by atoms with Crippen LogP contribution in [0.4, 0.5) is 14.5 Å². The molecule has 0 radical (unpaired) electrons. The molecule has 2 amide bonds. The smallest absolute Gasteiger partial charge is 0.260 e. The molecule has 1 aliphatic carbocycles. The maximum absolute atomic E-state index is 13.0. The fourth-order valence-corrected chi connectivity index (χ4v) is 3.59. The molecule has 7 heteroatoms. The Bertz CT molecular complexity index is 704. The Morgan fingerprint density at radius 2 is 1.65 bits per heavy atom. The van der Waals surface area contributed by atoms with Crippen LogP contribution in [0.1, 0.15) is 23.1 Å². The normalized spacial score (nSPS) is 22.2. The van der Waals surface area contributed by atoms with E-state index in [1.54, 1.807) is 0 Å². The number of nitrogens with one attached hydrogen (secondary N) is 1. The molecule has 142 valence electrons. The Morgan fingerprint density at radius 3 is 2.15 bits per heavy atom. The van der Waals surface area contributed by atoms with Gasteiger partial charge in [-0.2, -0.15) is 0 Å². The highest BCUT2D eigenvalue weighted by Crippen LogP contribution is 2.49. The third-order valence-corrected chi connectivity index (χ3v) is 5.12. The van der Waals surface area contributed by atoms with Crippen LogP contribution in [0.3, 0.4) is 0 Å². The maximum atomic E-state index is 13.0. The first kappa shape index (κ1) is 18.8. The molecular weight excluding hydrogens is 340 g/mol. The van der Waals surface area contributed by atoms with E-state index in [9.17, 15) is 18.4 Å². The zero-order chi connectivity index (χ0) is 19.1. The van der Waals surface area contributed by atoms with E-state index in [-0.39, 0.29) is 18.9 Å². The molecule has 0 aromatic heterocycles. The van der Waals surface area contributed by atoms with Crippen molar-refractivity contribution in [2.24, 2.45) is 5.92 Å². The molecule has 1 aromatic carbocycles. The lowest BCUT2D eigenvalue weighted by Crippen LogP contribution is -2.51. The molecule has 0 bridgehead atoms. The fourth-order valence-electron chi connectivity index (χ4n) is 3.59. The van der Waals surface area contributed by atoms with Crippen molar-refractivity contribution < 1.29 is 18.4 Å². The first-order chi connectivity index (χ1) is 12.2. The number of hydrogen-bond donors (Lipinski definition) is 1. The first-order valence-electron chi connectivity index (χ1n) is 8.94. The first-order valence-corrected chi connectivity index (χ1v) is 8.94. The van der Waals surface area contributed by atoms with Crippen molar-refractivity contribution in [3.63, 3.8) is 0 Å². The summed E-state index contributed by atoms with van der Waals surface area (Å²) in [5.41, 5.74) is 4.04. The van der Waals surface area contributed by atoms with Crippen molar-refractivity contribution >= 4 is 17.5 Å². The summed E-state index contributed by atoms with van der Waals surface area (Å²) in [4.78, 5) is 27.8. The Labute approximate surface area is 152 Å². The third kappa shape index (κ3) is 4.03. The van der Waals surface area contributed by atoms with Crippen LogP contribution < -0.4 is 5.32 Å². The predicted molar refractivity (Wildman–Crippen MR) is 95.4 cm³/mol. The van der Waals surface area contributed by atoms with Gasteiger partial charge >= 0.3 is 0 Å². The van der Waals surface area contributed by atoms with Gasteiger partial charge in [0.2, 0.25) is 11.8 Å². The molecule has 1 aromatic rings. The van der Waals surface area contributed by atoms with Gasteiger partial charge in [-0.3, -0.25) is 14.5 Å². The molecule has 1 heterocycles. The highest BCUT2D eigenvalue weighted by atomic mass is 19.3. The van der Waals surface area contributed by atoms with Crippen LogP contribution in [-0.4, -0.2) is 60.3 Å². The highest BCUT2D eigenvalue weighted by Gasteiger charge is 2.62. The zero-order valence-electron chi connectivity index (χ0n) is 15.4. The zero-order valence-corrected chi connectivity index (χ0v) is 15.4. The summed E-state index contributed by atoms with van der Waals surface area (Å²) in [7, 11) is 0. The number of nitrogens with zero attached hydrogens (tertiary/aromatic N) is 2. The molecule has 3 rings (SSSR count). The fraction of sp³-hybridized carbons (Fsp3) is 0.579. The predicted octanol–water partition coefficient (Wildman–Crippen LogP) is 2.35. The Kier molecular flexibility index (Phi) is 5.01. The summed E-state index contributed by atoms with van der Waals surface area (Å²) < 4.78 is 26.1. The quantitative estimate of drug-likeness (QED) is 0.891. The summed E-state index contributed by atoms with van der Waals surface area (Å²) in [6.45, 7) is 7.99. The van der Waals surface area contributed by atoms with Crippen molar-refractivity contribution in [3.05, 3.63) is 28.8 Å². The van der Waals surface area contributed by atoms with Crippen LogP contribution in [0, 0.1) is 26.7 Å². The van der Waals surface area contributed by atoms with Gasteiger partial charge in [0.25, 0.3) is 5.92 Å². The maximum Gasteiger partial charge on any atom is 0.260 e. The second-order valence-corrected chi connectivity index (χ2v) is 7.44. The van der Waals surface area contributed by atoms with E-state index in [1.807, 2.05) is 37.8 Å². The van der Waals surface area contributed by atoms with Gasteiger partial charge in [-0.15, -0.1) is 0 Å². The van der Waals surface area contributed by atoms with Crippen molar-refractivity contribution in [1.29, 1.82) is 0 Å². The van der Waals surface area contributed by atoms with E-state index in [0.717, 1.165) is 22.4 Å². The Hall–Kier alpha value is -2.02. The van der Waals surface area contributed by atoms with Gasteiger partial charge < -0.3 is 10.2 Å². The van der Waals surface area contributed by atoms with Gasteiger partial charge in [0.15, 0.2) is 0 Å². The van der Waals surface area contributed by atoms with Gasteiger partial charge in [0, 0.05) is 38.3 Å². The molecule has 2 aliphatic rings. The van der Waals surface area contributed by atoms with E-state index in [4.69, 9.17) is 0 Å². The molecule has 2 fully saturated rings. The second kappa shape index (κ2) is 6.95. The highest BCUT2D eigenvalue weighted by molar-refractivity contribution is 5.93. The van der Waals surface area contributed by atoms with Gasteiger partial charge in [-0.05, 0) is 31.9 Å². The summed E-state index contributed by atoms with van der Waals surface area (Å²) in [5, 5.41) is 2.97. The minimum Gasteiger partial charge on any atom is -0.340 e. The average molecular weight is 365 g/mol. The largest absolute Gasteiger partial charge is 0.340 e. The topological polar surface area (TPSA) is 52.7 Å². The number of rotatable bonds is 4. The van der Waals surface area contributed by atoms with E-state index in [0.29, 0.717) is 26.2 Å². The Balaban J connectivity index is 1.49. The van der Waals surface area contributed by atoms with Crippen LogP contribution in [0.5, 0.6) is 0 Å². The number of alkyl halides is 2. The molecule has 1 atom stereocenters. The van der Waals surface area contributed by atoms with Gasteiger partial charge in [0.1, 0.15) is 5.92 Å². The van der Waals surface area contributed by atoms with Gasteiger partial charge in [-0.25, -0.2) is 8.78 Å². The number of aryl methyl sites for hydroxylation is 3. The van der Waals surface area contributed by atoms with Crippen molar-refractivity contribution in [2.75, 3.05) is 38.0 Å². The summed E-state index contributed by atoms with van der Waals surface area (Å²) in [6, 6.07) is 4.06. The average Bonchev–Trinajstić information content (AvgIpc) is 3.19. The number of benzene rings is 1. The lowest BCUT2D eigenvalue weighted by atomic mass is 10.1.